The Morgan fingerprint density at radius 1 is 0.402 bits per heavy atom. The Morgan fingerprint density at radius 3 is 1.17 bits per heavy atom. The number of hydrogen-bond acceptors (Lipinski definition) is 18. The van der Waals surface area contributed by atoms with Crippen molar-refractivity contribution in [2.24, 2.45) is 0 Å². The van der Waals surface area contributed by atoms with E-state index in [1.807, 2.05) is 0 Å². The van der Waals surface area contributed by atoms with E-state index in [1.54, 1.807) is 0 Å². The van der Waals surface area contributed by atoms with Gasteiger partial charge in [0.15, 0.2) is 18.9 Å². The first-order valence-corrected chi connectivity index (χ1v) is 36.5. The van der Waals surface area contributed by atoms with E-state index < -0.39 is 124 Å². The number of ether oxygens (including phenoxy) is 6. The van der Waals surface area contributed by atoms with Gasteiger partial charge in [-0.2, -0.15) is 0 Å². The molecule has 1 amide bonds. The highest BCUT2D eigenvalue weighted by Gasteiger charge is 2.53. The lowest BCUT2D eigenvalue weighted by atomic mass is 9.96. The van der Waals surface area contributed by atoms with Crippen molar-refractivity contribution in [3.05, 3.63) is 60.8 Å². The summed E-state index contributed by atoms with van der Waals surface area (Å²) in [5.74, 6) is -0.249. The van der Waals surface area contributed by atoms with Crippen molar-refractivity contribution in [2.75, 3.05) is 26.4 Å². The first-order valence-electron chi connectivity index (χ1n) is 36.5. The first kappa shape index (κ1) is 83.7. The average Bonchev–Trinajstić information content (AvgIpc) is 0.837. The van der Waals surface area contributed by atoms with Crippen LogP contribution in [0.3, 0.4) is 0 Å². The number of allylic oxidation sites excluding steroid dienone is 10. The van der Waals surface area contributed by atoms with Gasteiger partial charge in [-0.05, 0) is 57.8 Å². The number of amides is 1. The van der Waals surface area contributed by atoms with Crippen LogP contribution in [0.2, 0.25) is 0 Å². The molecule has 3 fully saturated rings. The van der Waals surface area contributed by atoms with Crippen LogP contribution in [0.25, 0.3) is 0 Å². The maximum absolute atomic E-state index is 13.5. The van der Waals surface area contributed by atoms with Crippen molar-refractivity contribution < 1.29 is 89.4 Å². The highest BCUT2D eigenvalue weighted by Crippen LogP contribution is 2.33. The Kier molecular flexibility index (Phi) is 49.6. The minimum absolute atomic E-state index is 0.249. The van der Waals surface area contributed by atoms with Crippen LogP contribution in [-0.2, 0) is 33.2 Å². The Bertz CT molecular complexity index is 1900. The van der Waals surface area contributed by atoms with Crippen molar-refractivity contribution in [3.63, 3.8) is 0 Å². The molecule has 0 aromatic rings. The van der Waals surface area contributed by atoms with Crippen molar-refractivity contribution in [1.82, 2.24) is 5.32 Å². The Labute approximate surface area is 554 Å². The fourth-order valence-corrected chi connectivity index (χ4v) is 12.2. The zero-order valence-electron chi connectivity index (χ0n) is 56.8. The van der Waals surface area contributed by atoms with E-state index in [4.69, 9.17) is 28.4 Å². The molecule has 19 heteroatoms. The van der Waals surface area contributed by atoms with Crippen molar-refractivity contribution >= 4 is 5.91 Å². The van der Waals surface area contributed by atoms with Crippen LogP contribution in [-0.4, -0.2) is 193 Å². The molecule has 3 aliphatic heterocycles. The monoisotopic (exact) mass is 1310 g/mol. The minimum atomic E-state index is -1.98. The molecule has 12 N–H and O–H groups in total. The second kappa shape index (κ2) is 54.5. The molecule has 3 saturated heterocycles. The van der Waals surface area contributed by atoms with Crippen molar-refractivity contribution in [2.45, 2.75) is 369 Å². The van der Waals surface area contributed by atoms with Crippen LogP contribution in [0, 0.1) is 0 Å². The third-order valence-corrected chi connectivity index (χ3v) is 18.1. The van der Waals surface area contributed by atoms with E-state index in [1.165, 1.54) is 141 Å². The minimum Gasteiger partial charge on any atom is -0.394 e. The van der Waals surface area contributed by atoms with E-state index in [-0.39, 0.29) is 18.9 Å². The lowest BCUT2D eigenvalue weighted by Gasteiger charge is -2.48. The number of unbranched alkanes of at least 4 members (excludes halogenated alkanes) is 30. The molecular weight excluding hydrogens is 1180 g/mol. The molecule has 3 aliphatic rings. The van der Waals surface area contributed by atoms with Gasteiger partial charge in [-0.1, -0.05) is 261 Å². The summed E-state index contributed by atoms with van der Waals surface area (Å²) in [4.78, 5) is 13.5. The highest BCUT2D eigenvalue weighted by molar-refractivity contribution is 5.76. The van der Waals surface area contributed by atoms with E-state index in [0.29, 0.717) is 12.8 Å². The summed E-state index contributed by atoms with van der Waals surface area (Å²) in [6.07, 6.45) is 40.0. The van der Waals surface area contributed by atoms with Crippen LogP contribution < -0.4 is 5.32 Å². The van der Waals surface area contributed by atoms with E-state index in [0.717, 1.165) is 89.9 Å². The number of hydrogen-bond donors (Lipinski definition) is 12. The standard InChI is InChI=1S/C73H131NO18/c1-3-5-7-9-11-13-15-17-19-21-23-25-27-28-29-31-33-35-37-39-41-43-45-47-49-51-61(79)74-56(57(78)50-48-46-44-42-40-38-36-34-32-30-26-24-22-20-18-16-14-12-10-8-6-4-2)55-87-71-67(85)64(82)69(59(53-76)89-71)92-73-68(86)65(83)70(60(54-77)90-73)91-72-66(84)63(81)62(80)58(52-75)88-72/h5,7,11,13,17,19,23,25,28-29,56-60,62-73,75-78,80-86H,3-4,6,8-10,12,14-16,18,20-22,24,26-27,30-55H2,1-2H3,(H,74,79)/b7-5-,13-11-,19-17-,25-23-,29-28-. The average molecular weight is 1310 g/mol. The lowest BCUT2D eigenvalue weighted by molar-refractivity contribution is -0.379. The van der Waals surface area contributed by atoms with Gasteiger partial charge in [0.05, 0.1) is 38.6 Å². The summed E-state index contributed by atoms with van der Waals surface area (Å²) in [7, 11) is 0. The number of nitrogens with one attached hydrogen (secondary N) is 1. The highest BCUT2D eigenvalue weighted by atomic mass is 16.8. The van der Waals surface area contributed by atoms with Crippen molar-refractivity contribution in [1.29, 1.82) is 0 Å². The molecule has 92 heavy (non-hydrogen) atoms. The van der Waals surface area contributed by atoms with Gasteiger partial charge in [0.2, 0.25) is 5.91 Å². The van der Waals surface area contributed by atoms with Gasteiger partial charge in [-0.25, -0.2) is 0 Å². The van der Waals surface area contributed by atoms with Crippen LogP contribution in [0.5, 0.6) is 0 Å². The second-order valence-electron chi connectivity index (χ2n) is 26.0. The third-order valence-electron chi connectivity index (χ3n) is 18.1. The second-order valence-corrected chi connectivity index (χ2v) is 26.0. The largest absolute Gasteiger partial charge is 0.394 e. The Morgan fingerprint density at radius 2 is 0.750 bits per heavy atom. The first-order chi connectivity index (χ1) is 44.8. The van der Waals surface area contributed by atoms with Gasteiger partial charge in [-0.15, -0.1) is 0 Å². The van der Waals surface area contributed by atoms with Gasteiger partial charge < -0.3 is 89.9 Å². The van der Waals surface area contributed by atoms with Crippen LogP contribution in [0.15, 0.2) is 60.8 Å². The maximum Gasteiger partial charge on any atom is 0.220 e. The molecule has 17 unspecified atom stereocenters. The number of carbonyl (C=O) groups excluding carboxylic acids is 1. The summed E-state index contributed by atoms with van der Waals surface area (Å²) < 4.78 is 34.5. The molecule has 0 saturated carbocycles. The van der Waals surface area contributed by atoms with Crippen molar-refractivity contribution in [3.8, 4) is 0 Å². The molecule has 536 valence electrons. The molecule has 17 atom stereocenters. The molecule has 0 aromatic heterocycles. The predicted octanol–water partition coefficient (Wildman–Crippen LogP) is 10.3. The fourth-order valence-electron chi connectivity index (χ4n) is 12.2. The van der Waals surface area contributed by atoms with Crippen LogP contribution >= 0.6 is 0 Å². The number of aliphatic hydroxyl groups is 11. The molecule has 0 bridgehead atoms. The van der Waals surface area contributed by atoms with Gasteiger partial charge in [0.25, 0.3) is 0 Å². The third kappa shape index (κ3) is 35.7. The molecule has 3 rings (SSSR count). The quantitative estimate of drug-likeness (QED) is 0.0199. The molecular formula is C73H131NO18. The summed E-state index contributed by atoms with van der Waals surface area (Å²) in [5, 5.41) is 121. The molecule has 0 aliphatic carbocycles. The van der Waals surface area contributed by atoms with E-state index in [9.17, 15) is 61.0 Å². The molecule has 3 heterocycles. The Hall–Kier alpha value is -2.51. The van der Waals surface area contributed by atoms with Gasteiger partial charge in [0.1, 0.15) is 73.2 Å². The fraction of sp³-hybridized carbons (Fsp3) is 0.849. The summed E-state index contributed by atoms with van der Waals surface area (Å²) in [6, 6.07) is -0.895. The zero-order valence-corrected chi connectivity index (χ0v) is 56.8. The number of aliphatic hydroxyl groups excluding tert-OH is 11. The van der Waals surface area contributed by atoms with Gasteiger partial charge in [-0.3, -0.25) is 4.79 Å². The van der Waals surface area contributed by atoms with E-state index >= 15 is 0 Å². The maximum atomic E-state index is 13.5. The molecule has 0 radical (unpaired) electrons. The summed E-state index contributed by atoms with van der Waals surface area (Å²) >= 11 is 0. The molecule has 0 aromatic carbocycles. The van der Waals surface area contributed by atoms with Crippen LogP contribution in [0.4, 0.5) is 0 Å². The topological polar surface area (TPSA) is 307 Å². The Balaban J connectivity index is 1.42. The SMILES string of the molecule is CC/C=C\C/C=C\C/C=C\C/C=C\C/C=C\CCCCCCCCCCCC(=O)NC(COC1OC(CO)C(OC2OC(CO)C(OC3OC(CO)C(O)C(O)C3O)C(O)C2O)C(O)C1O)C(O)CCCCCCCCCCCCCCCCCCCCCCCC. The van der Waals surface area contributed by atoms with E-state index in [2.05, 4.69) is 79.9 Å². The number of carbonyl (C=O) groups is 1. The molecule has 0 spiro atoms. The zero-order chi connectivity index (χ0) is 66.8. The van der Waals surface area contributed by atoms with Gasteiger partial charge in [0, 0.05) is 6.42 Å². The summed E-state index contributed by atoms with van der Waals surface area (Å²) in [5.41, 5.74) is 0. The lowest BCUT2D eigenvalue weighted by Crippen LogP contribution is -2.66. The molecule has 19 nitrogen and oxygen atoms in total. The predicted molar refractivity (Wildman–Crippen MR) is 360 cm³/mol. The summed E-state index contributed by atoms with van der Waals surface area (Å²) in [6.45, 7) is 1.70. The smallest absolute Gasteiger partial charge is 0.220 e. The van der Waals surface area contributed by atoms with Crippen LogP contribution in [0.1, 0.15) is 264 Å². The normalized spacial score (nSPS) is 28.0. The number of rotatable bonds is 56. The van der Waals surface area contributed by atoms with Gasteiger partial charge >= 0.3 is 0 Å².